The fourth-order valence-electron chi connectivity index (χ4n) is 1.55. The van der Waals surface area contributed by atoms with Gasteiger partial charge in [0.15, 0.2) is 5.82 Å². The first-order valence-electron chi connectivity index (χ1n) is 6.23. The molecule has 2 rings (SSSR count). The minimum atomic E-state index is -0.480. The summed E-state index contributed by atoms with van der Waals surface area (Å²) in [6.07, 6.45) is 0. The first-order chi connectivity index (χ1) is 10.5. The number of nitro groups is 1. The molecule has 8 nitrogen and oxygen atoms in total. The van der Waals surface area contributed by atoms with Gasteiger partial charge < -0.3 is 5.32 Å². The Morgan fingerprint density at radius 2 is 2.00 bits per heavy atom. The average molecular weight is 320 g/mol. The molecule has 0 unspecified atom stereocenters. The third kappa shape index (κ3) is 4.16. The topological polar surface area (TPSA) is 118 Å². The minimum Gasteiger partial charge on any atom is -0.308 e. The number of nitro benzene ring substituents is 1. The molecule has 1 amide bonds. The summed E-state index contributed by atoms with van der Waals surface area (Å²) in [5, 5.41) is 18.6. The van der Waals surface area contributed by atoms with Crippen molar-refractivity contribution in [2.75, 3.05) is 5.32 Å². The Morgan fingerprint density at radius 1 is 1.32 bits per heavy atom. The molecule has 9 heteroatoms. The van der Waals surface area contributed by atoms with Crippen LogP contribution in [0.4, 0.5) is 11.5 Å². The van der Waals surface area contributed by atoms with Crippen LogP contribution in [0, 0.1) is 10.1 Å². The van der Waals surface area contributed by atoms with Crippen molar-refractivity contribution in [3.8, 4) is 0 Å². The van der Waals surface area contributed by atoms with Gasteiger partial charge in [0, 0.05) is 23.1 Å². The van der Waals surface area contributed by atoms with Crippen molar-refractivity contribution in [2.45, 2.75) is 17.1 Å². The Labute approximate surface area is 129 Å². The summed E-state index contributed by atoms with van der Waals surface area (Å²) < 4.78 is 0. The van der Waals surface area contributed by atoms with Crippen molar-refractivity contribution in [1.29, 1.82) is 0 Å². The number of carbonyl (C=O) groups is 1. The van der Waals surface area contributed by atoms with E-state index in [1.54, 1.807) is 19.1 Å². The standard InChI is InChI=1S/C13H12N4O4S/c1-8(13(19)14-11-6-7-12(18)16-15-11)22-10-4-2-9(3-5-10)17(20)21/h2-8H,1H3,(H,16,18)(H,14,15,19)/t8-/m0/s1. The summed E-state index contributed by atoms with van der Waals surface area (Å²) in [5.74, 6) is -0.0383. The largest absolute Gasteiger partial charge is 0.308 e. The minimum absolute atomic E-state index is 0.00102. The van der Waals surface area contributed by atoms with E-state index in [1.165, 1.54) is 36.0 Å². The van der Waals surface area contributed by atoms with Crippen LogP contribution in [0.2, 0.25) is 0 Å². The number of benzene rings is 1. The van der Waals surface area contributed by atoms with Gasteiger partial charge in [-0.15, -0.1) is 11.8 Å². The SMILES string of the molecule is C[C@H](Sc1ccc([N+](=O)[O-])cc1)C(=O)Nc1ccc(=O)[nH]n1. The maximum Gasteiger partial charge on any atom is 0.269 e. The molecule has 0 aliphatic rings. The lowest BCUT2D eigenvalue weighted by Gasteiger charge is -2.11. The van der Waals surface area contributed by atoms with Gasteiger partial charge in [0.1, 0.15) is 0 Å². The van der Waals surface area contributed by atoms with E-state index in [-0.39, 0.29) is 23.0 Å². The number of rotatable bonds is 5. The Hall–Kier alpha value is -2.68. The number of anilines is 1. The summed E-state index contributed by atoms with van der Waals surface area (Å²) in [7, 11) is 0. The highest BCUT2D eigenvalue weighted by Crippen LogP contribution is 2.25. The van der Waals surface area contributed by atoms with E-state index in [0.29, 0.717) is 0 Å². The Balaban J connectivity index is 1.97. The number of carbonyl (C=O) groups excluding carboxylic acids is 1. The summed E-state index contributed by atoms with van der Waals surface area (Å²) in [4.78, 5) is 33.7. The third-order valence-corrected chi connectivity index (χ3v) is 3.77. The summed E-state index contributed by atoms with van der Waals surface area (Å²) >= 11 is 1.26. The van der Waals surface area contributed by atoms with Gasteiger partial charge in [-0.2, -0.15) is 5.10 Å². The maximum atomic E-state index is 12.0. The van der Waals surface area contributed by atoms with E-state index in [4.69, 9.17) is 0 Å². The van der Waals surface area contributed by atoms with Crippen molar-refractivity contribution in [1.82, 2.24) is 10.2 Å². The molecule has 2 N–H and O–H groups in total. The van der Waals surface area contributed by atoms with Gasteiger partial charge in [0.2, 0.25) is 5.91 Å². The quantitative estimate of drug-likeness (QED) is 0.492. The molecule has 1 aromatic heterocycles. The lowest BCUT2D eigenvalue weighted by Crippen LogP contribution is -2.23. The van der Waals surface area contributed by atoms with Crippen molar-refractivity contribution >= 4 is 29.2 Å². The number of hydrogen-bond donors (Lipinski definition) is 2. The van der Waals surface area contributed by atoms with Gasteiger partial charge in [-0.05, 0) is 25.1 Å². The van der Waals surface area contributed by atoms with E-state index in [2.05, 4.69) is 15.5 Å². The zero-order valence-electron chi connectivity index (χ0n) is 11.5. The van der Waals surface area contributed by atoms with Crippen LogP contribution < -0.4 is 10.9 Å². The highest BCUT2D eigenvalue weighted by atomic mass is 32.2. The zero-order valence-corrected chi connectivity index (χ0v) is 12.3. The van der Waals surface area contributed by atoms with Crippen LogP contribution in [0.25, 0.3) is 0 Å². The van der Waals surface area contributed by atoms with Crippen molar-refractivity contribution in [2.24, 2.45) is 0 Å². The molecule has 22 heavy (non-hydrogen) atoms. The molecule has 1 aromatic carbocycles. The first-order valence-corrected chi connectivity index (χ1v) is 7.11. The third-order valence-electron chi connectivity index (χ3n) is 2.66. The van der Waals surface area contributed by atoms with E-state index < -0.39 is 10.2 Å². The number of aromatic amines is 1. The summed E-state index contributed by atoms with van der Waals surface area (Å²) in [6.45, 7) is 1.70. The second kappa shape index (κ2) is 6.85. The molecule has 0 saturated carbocycles. The molecule has 0 aliphatic heterocycles. The van der Waals surface area contributed by atoms with Gasteiger partial charge in [0.25, 0.3) is 11.2 Å². The highest BCUT2D eigenvalue weighted by Gasteiger charge is 2.15. The molecular formula is C13H12N4O4S. The van der Waals surface area contributed by atoms with Crippen molar-refractivity contribution in [3.63, 3.8) is 0 Å². The van der Waals surface area contributed by atoms with Crippen LogP contribution in [0.3, 0.4) is 0 Å². The number of amides is 1. The van der Waals surface area contributed by atoms with Gasteiger partial charge in [0.05, 0.1) is 10.2 Å². The monoisotopic (exact) mass is 320 g/mol. The molecule has 0 saturated heterocycles. The van der Waals surface area contributed by atoms with Gasteiger partial charge in [-0.3, -0.25) is 19.7 Å². The first kappa shape index (κ1) is 15.7. The molecular weight excluding hydrogens is 308 g/mol. The second-order valence-corrected chi connectivity index (χ2v) is 5.72. The fraction of sp³-hybridized carbons (Fsp3) is 0.154. The highest BCUT2D eigenvalue weighted by molar-refractivity contribution is 8.00. The van der Waals surface area contributed by atoms with E-state index in [9.17, 15) is 19.7 Å². The number of aromatic nitrogens is 2. The van der Waals surface area contributed by atoms with Crippen LogP contribution in [0.5, 0.6) is 0 Å². The molecule has 114 valence electrons. The normalized spacial score (nSPS) is 11.7. The smallest absolute Gasteiger partial charge is 0.269 e. The van der Waals surface area contributed by atoms with Crippen molar-refractivity contribution < 1.29 is 9.72 Å². The fourth-order valence-corrected chi connectivity index (χ4v) is 2.41. The Kier molecular flexibility index (Phi) is 4.89. The average Bonchev–Trinajstić information content (AvgIpc) is 2.50. The zero-order chi connectivity index (χ0) is 16.1. The van der Waals surface area contributed by atoms with Gasteiger partial charge >= 0.3 is 0 Å². The molecule has 0 radical (unpaired) electrons. The Bertz CT molecular complexity index is 724. The number of hydrogen-bond acceptors (Lipinski definition) is 6. The number of non-ortho nitro benzene ring substituents is 1. The maximum absolute atomic E-state index is 12.0. The number of nitrogens with one attached hydrogen (secondary N) is 2. The number of thioether (sulfide) groups is 1. The molecule has 0 bridgehead atoms. The molecule has 1 atom stereocenters. The van der Waals surface area contributed by atoms with Crippen LogP contribution in [0.15, 0.2) is 46.1 Å². The number of nitrogens with zero attached hydrogens (tertiary/aromatic N) is 2. The number of H-pyrrole nitrogens is 1. The summed E-state index contributed by atoms with van der Waals surface area (Å²) in [5.41, 5.74) is -0.356. The van der Waals surface area contributed by atoms with Crippen LogP contribution >= 0.6 is 11.8 Å². The summed E-state index contributed by atoms with van der Waals surface area (Å²) in [6, 6.07) is 8.61. The lowest BCUT2D eigenvalue weighted by atomic mass is 10.3. The predicted molar refractivity (Wildman–Crippen MR) is 81.9 cm³/mol. The van der Waals surface area contributed by atoms with Crippen LogP contribution in [0.1, 0.15) is 6.92 Å². The molecule has 0 fully saturated rings. The molecule has 0 spiro atoms. The van der Waals surface area contributed by atoms with Crippen LogP contribution in [-0.4, -0.2) is 26.3 Å². The molecule has 2 aromatic rings. The van der Waals surface area contributed by atoms with E-state index in [1.807, 2.05) is 0 Å². The molecule has 0 aliphatic carbocycles. The van der Waals surface area contributed by atoms with Gasteiger partial charge in [-0.25, -0.2) is 5.10 Å². The van der Waals surface area contributed by atoms with E-state index >= 15 is 0 Å². The molecule has 1 heterocycles. The van der Waals surface area contributed by atoms with Crippen LogP contribution in [-0.2, 0) is 4.79 Å². The van der Waals surface area contributed by atoms with Crippen molar-refractivity contribution in [3.05, 3.63) is 56.9 Å². The second-order valence-electron chi connectivity index (χ2n) is 4.31. The predicted octanol–water partition coefficient (Wildman–Crippen LogP) is 1.80. The van der Waals surface area contributed by atoms with E-state index in [0.717, 1.165) is 4.90 Å². The van der Waals surface area contributed by atoms with Gasteiger partial charge in [-0.1, -0.05) is 0 Å². The lowest BCUT2D eigenvalue weighted by molar-refractivity contribution is -0.384. The Morgan fingerprint density at radius 3 is 2.55 bits per heavy atom.